The molecule has 0 atom stereocenters. The van der Waals surface area contributed by atoms with E-state index < -0.39 is 0 Å². The Labute approximate surface area is 128 Å². The van der Waals surface area contributed by atoms with E-state index in [1.807, 2.05) is 6.07 Å². The van der Waals surface area contributed by atoms with E-state index in [-0.39, 0.29) is 11.6 Å². The van der Waals surface area contributed by atoms with Crippen LogP contribution in [0.1, 0.15) is 34.5 Å². The summed E-state index contributed by atoms with van der Waals surface area (Å²) in [5.74, 6) is 0.492. The monoisotopic (exact) mass is 308 g/mol. The summed E-state index contributed by atoms with van der Waals surface area (Å²) in [6.07, 6.45) is 3.43. The van der Waals surface area contributed by atoms with Gasteiger partial charge in [-0.15, -0.1) is 11.3 Å². The van der Waals surface area contributed by atoms with Gasteiger partial charge in [0.15, 0.2) is 0 Å². The smallest absolute Gasteiger partial charge is 0.256 e. The van der Waals surface area contributed by atoms with Gasteiger partial charge in [-0.25, -0.2) is 0 Å². The number of amides is 1. The Bertz CT molecular complexity index is 546. The molecule has 1 fully saturated rings. The molecule has 6 nitrogen and oxygen atoms in total. The summed E-state index contributed by atoms with van der Waals surface area (Å²) in [6.45, 7) is 2.23. The second-order valence-corrected chi connectivity index (χ2v) is 6.06. The van der Waals surface area contributed by atoms with E-state index in [2.05, 4.69) is 10.6 Å². The molecule has 1 heterocycles. The van der Waals surface area contributed by atoms with Gasteiger partial charge in [-0.05, 0) is 25.2 Å². The zero-order chi connectivity index (χ0) is 15.2. The molecule has 1 aliphatic rings. The number of ether oxygens (including phenoxy) is 1. The van der Waals surface area contributed by atoms with E-state index in [1.54, 1.807) is 7.05 Å². The fourth-order valence-electron chi connectivity index (χ4n) is 1.91. The number of hydrogen-bond donors (Lipinski definition) is 3. The van der Waals surface area contributed by atoms with E-state index in [0.29, 0.717) is 28.6 Å². The number of rotatable bonds is 8. The predicted molar refractivity (Wildman–Crippen MR) is 83.5 cm³/mol. The zero-order valence-electron chi connectivity index (χ0n) is 12.1. The molecule has 2 rings (SSSR count). The second-order valence-electron chi connectivity index (χ2n) is 5.04. The number of nitrogen functional groups attached to an aromatic ring is 1. The van der Waals surface area contributed by atoms with Gasteiger partial charge in [0.2, 0.25) is 0 Å². The van der Waals surface area contributed by atoms with Crippen molar-refractivity contribution in [1.29, 1.82) is 5.26 Å². The molecule has 7 heteroatoms. The summed E-state index contributed by atoms with van der Waals surface area (Å²) >= 11 is 1.21. The number of nitrogens with zero attached hydrogens (tertiary/aromatic N) is 1. The number of hydrogen-bond acceptors (Lipinski definition) is 6. The average molecular weight is 308 g/mol. The Hall–Kier alpha value is -1.78. The molecule has 1 saturated carbocycles. The van der Waals surface area contributed by atoms with Gasteiger partial charge in [0.25, 0.3) is 5.91 Å². The van der Waals surface area contributed by atoms with Gasteiger partial charge in [-0.3, -0.25) is 4.79 Å². The Kier molecular flexibility index (Phi) is 5.42. The number of nitrogens with two attached hydrogens (primary N) is 1. The maximum atomic E-state index is 11.8. The predicted octanol–water partition coefficient (Wildman–Crippen LogP) is 1.79. The van der Waals surface area contributed by atoms with Gasteiger partial charge in [-0.1, -0.05) is 0 Å². The van der Waals surface area contributed by atoms with Crippen molar-refractivity contribution in [3.8, 4) is 6.07 Å². The Balaban J connectivity index is 1.86. The molecule has 21 heavy (non-hydrogen) atoms. The molecule has 0 saturated heterocycles. The first-order valence-electron chi connectivity index (χ1n) is 7.03. The molecule has 1 aliphatic carbocycles. The van der Waals surface area contributed by atoms with Crippen molar-refractivity contribution in [3.63, 3.8) is 0 Å². The number of thiophene rings is 1. The second kappa shape index (κ2) is 7.29. The van der Waals surface area contributed by atoms with Gasteiger partial charge in [0, 0.05) is 26.8 Å². The van der Waals surface area contributed by atoms with Crippen LogP contribution in [0.3, 0.4) is 0 Å². The minimum absolute atomic E-state index is 0.245. The molecule has 0 aromatic carbocycles. The lowest BCUT2D eigenvalue weighted by atomic mass is 10.2. The van der Waals surface area contributed by atoms with E-state index in [0.717, 1.165) is 18.9 Å². The Morgan fingerprint density at radius 2 is 2.33 bits per heavy atom. The fourth-order valence-corrected chi connectivity index (χ4v) is 2.85. The molecule has 0 spiro atoms. The highest BCUT2D eigenvalue weighted by atomic mass is 32.1. The van der Waals surface area contributed by atoms with Crippen LogP contribution in [-0.2, 0) is 4.74 Å². The molecule has 4 N–H and O–H groups in total. The SMILES string of the molecule is CNC(=O)c1c(NCCCOCC2CC2)sc(C#N)c1N. The summed E-state index contributed by atoms with van der Waals surface area (Å²) in [6, 6.07) is 2.01. The van der Waals surface area contributed by atoms with Crippen molar-refractivity contribution in [2.75, 3.05) is 37.9 Å². The molecule has 1 aromatic rings. The first-order chi connectivity index (χ1) is 10.2. The Morgan fingerprint density at radius 1 is 1.57 bits per heavy atom. The van der Waals surface area contributed by atoms with E-state index >= 15 is 0 Å². The summed E-state index contributed by atoms with van der Waals surface area (Å²) in [4.78, 5) is 12.2. The molecule has 0 bridgehead atoms. The van der Waals surface area contributed by atoms with Crippen molar-refractivity contribution in [1.82, 2.24) is 5.32 Å². The number of anilines is 2. The third-order valence-corrected chi connectivity index (χ3v) is 4.37. The van der Waals surface area contributed by atoms with Crippen LogP contribution in [0, 0.1) is 17.2 Å². The maximum Gasteiger partial charge on any atom is 0.256 e. The van der Waals surface area contributed by atoms with Crippen LogP contribution in [0.15, 0.2) is 0 Å². The van der Waals surface area contributed by atoms with Crippen LogP contribution in [0.5, 0.6) is 0 Å². The normalized spacial score (nSPS) is 13.7. The Morgan fingerprint density at radius 3 is 2.95 bits per heavy atom. The lowest BCUT2D eigenvalue weighted by Crippen LogP contribution is -2.20. The molecular weight excluding hydrogens is 288 g/mol. The van der Waals surface area contributed by atoms with Gasteiger partial charge in [0.1, 0.15) is 15.9 Å². The quantitative estimate of drug-likeness (QED) is 0.636. The van der Waals surface area contributed by atoms with Crippen LogP contribution >= 0.6 is 11.3 Å². The summed E-state index contributed by atoms with van der Waals surface area (Å²) in [5, 5.41) is 15.4. The molecule has 0 aliphatic heterocycles. The molecule has 0 unspecified atom stereocenters. The highest BCUT2D eigenvalue weighted by Gasteiger charge is 2.22. The largest absolute Gasteiger partial charge is 0.396 e. The summed E-state index contributed by atoms with van der Waals surface area (Å²) in [7, 11) is 1.54. The minimum Gasteiger partial charge on any atom is -0.396 e. The average Bonchev–Trinajstić information content (AvgIpc) is 3.25. The molecule has 114 valence electrons. The van der Waals surface area contributed by atoms with Crippen molar-refractivity contribution in [3.05, 3.63) is 10.4 Å². The standard InChI is InChI=1S/C14H20N4O2S/c1-17-13(19)11-12(16)10(7-15)21-14(11)18-5-2-6-20-8-9-3-4-9/h9,18H,2-6,8,16H2,1H3,(H,17,19). The first-order valence-corrected chi connectivity index (χ1v) is 7.85. The van der Waals surface area contributed by atoms with Crippen molar-refractivity contribution < 1.29 is 9.53 Å². The van der Waals surface area contributed by atoms with E-state index in [1.165, 1.54) is 24.2 Å². The summed E-state index contributed by atoms with van der Waals surface area (Å²) < 4.78 is 5.55. The minimum atomic E-state index is -0.280. The van der Waals surface area contributed by atoms with Crippen LogP contribution in [0.25, 0.3) is 0 Å². The number of carbonyl (C=O) groups is 1. The fraction of sp³-hybridized carbons (Fsp3) is 0.571. The lowest BCUT2D eigenvalue weighted by molar-refractivity contribution is 0.0965. The summed E-state index contributed by atoms with van der Waals surface area (Å²) in [5.41, 5.74) is 6.45. The third-order valence-electron chi connectivity index (χ3n) is 3.30. The number of nitrogens with one attached hydrogen (secondary N) is 2. The third kappa shape index (κ3) is 4.09. The van der Waals surface area contributed by atoms with Crippen molar-refractivity contribution in [2.45, 2.75) is 19.3 Å². The van der Waals surface area contributed by atoms with Gasteiger partial charge >= 0.3 is 0 Å². The van der Waals surface area contributed by atoms with Crippen LogP contribution in [-0.4, -0.2) is 32.7 Å². The highest BCUT2D eigenvalue weighted by molar-refractivity contribution is 7.17. The highest BCUT2D eigenvalue weighted by Crippen LogP contribution is 2.35. The van der Waals surface area contributed by atoms with Crippen LogP contribution in [0.4, 0.5) is 10.7 Å². The maximum absolute atomic E-state index is 11.8. The zero-order valence-corrected chi connectivity index (χ0v) is 12.9. The van der Waals surface area contributed by atoms with E-state index in [9.17, 15) is 4.79 Å². The lowest BCUT2D eigenvalue weighted by Gasteiger charge is -2.07. The van der Waals surface area contributed by atoms with Gasteiger partial charge in [0.05, 0.1) is 11.3 Å². The molecular formula is C14H20N4O2S. The van der Waals surface area contributed by atoms with Crippen LogP contribution < -0.4 is 16.4 Å². The van der Waals surface area contributed by atoms with Crippen molar-refractivity contribution in [2.24, 2.45) is 5.92 Å². The van der Waals surface area contributed by atoms with Crippen LogP contribution in [0.2, 0.25) is 0 Å². The first kappa shape index (κ1) is 15.6. The van der Waals surface area contributed by atoms with Crippen molar-refractivity contribution >= 4 is 27.9 Å². The van der Waals surface area contributed by atoms with E-state index in [4.69, 9.17) is 15.7 Å². The topological polar surface area (TPSA) is 100 Å². The number of nitriles is 1. The molecule has 0 radical (unpaired) electrons. The van der Waals surface area contributed by atoms with Gasteiger partial charge < -0.3 is 21.1 Å². The molecule has 1 amide bonds. The number of carbonyl (C=O) groups excluding carboxylic acids is 1. The molecule has 1 aromatic heterocycles. The van der Waals surface area contributed by atoms with Gasteiger partial charge in [-0.2, -0.15) is 5.26 Å².